The van der Waals surface area contributed by atoms with Crippen molar-refractivity contribution in [1.82, 2.24) is 0 Å². The van der Waals surface area contributed by atoms with E-state index in [9.17, 15) is 18.4 Å². The third kappa shape index (κ3) is 4.82. The second-order valence-electron chi connectivity index (χ2n) is 4.98. The summed E-state index contributed by atoms with van der Waals surface area (Å²) >= 11 is 5.99. The highest BCUT2D eigenvalue weighted by molar-refractivity contribution is 6.32. The molecule has 0 bridgehead atoms. The number of halogens is 3. The van der Waals surface area contributed by atoms with E-state index in [1.807, 2.05) is 0 Å². The van der Waals surface area contributed by atoms with Crippen LogP contribution in [0, 0.1) is 11.6 Å². The summed E-state index contributed by atoms with van der Waals surface area (Å²) in [5.41, 5.74) is -0.0602. The summed E-state index contributed by atoms with van der Waals surface area (Å²) in [7, 11) is 2.76. The topological polar surface area (TPSA) is 73.9 Å². The van der Waals surface area contributed by atoms with Crippen molar-refractivity contribution in [3.63, 3.8) is 0 Å². The Bertz CT molecular complexity index is 824. The Morgan fingerprint density at radius 1 is 1.04 bits per heavy atom. The van der Waals surface area contributed by atoms with Gasteiger partial charge in [-0.25, -0.2) is 13.6 Å². The summed E-state index contributed by atoms with van der Waals surface area (Å²) in [5, 5.41) is 2.34. The molecule has 26 heavy (non-hydrogen) atoms. The molecule has 0 aliphatic heterocycles. The lowest BCUT2D eigenvalue weighted by molar-refractivity contribution is -0.119. The second-order valence-corrected chi connectivity index (χ2v) is 5.38. The molecule has 0 unspecified atom stereocenters. The van der Waals surface area contributed by atoms with Gasteiger partial charge in [0.15, 0.2) is 18.1 Å². The van der Waals surface area contributed by atoms with Gasteiger partial charge in [0.05, 0.1) is 24.8 Å². The van der Waals surface area contributed by atoms with Crippen LogP contribution in [0.2, 0.25) is 5.02 Å². The highest BCUT2D eigenvalue weighted by Crippen LogP contribution is 2.36. The van der Waals surface area contributed by atoms with Crippen molar-refractivity contribution in [3.05, 3.63) is 52.6 Å². The number of hydrogen-bond acceptors (Lipinski definition) is 5. The molecule has 0 saturated carbocycles. The van der Waals surface area contributed by atoms with Crippen molar-refractivity contribution in [2.45, 2.75) is 0 Å². The Labute approximate surface area is 152 Å². The van der Waals surface area contributed by atoms with Gasteiger partial charge in [-0.05, 0) is 24.3 Å². The van der Waals surface area contributed by atoms with Crippen molar-refractivity contribution in [3.8, 4) is 11.5 Å². The van der Waals surface area contributed by atoms with E-state index in [1.165, 1.54) is 26.4 Å². The van der Waals surface area contributed by atoms with E-state index in [4.69, 9.17) is 25.8 Å². The maximum absolute atomic E-state index is 13.1. The van der Waals surface area contributed by atoms with E-state index >= 15 is 0 Å². The molecule has 0 aliphatic rings. The van der Waals surface area contributed by atoms with E-state index in [0.29, 0.717) is 6.07 Å². The third-order valence-electron chi connectivity index (χ3n) is 3.15. The van der Waals surface area contributed by atoms with E-state index in [0.717, 1.165) is 12.1 Å². The van der Waals surface area contributed by atoms with Gasteiger partial charge in [-0.2, -0.15) is 0 Å². The number of carbonyl (C=O) groups excluding carboxylic acids is 2. The Balaban J connectivity index is 2.02. The van der Waals surface area contributed by atoms with Gasteiger partial charge in [-0.3, -0.25) is 4.79 Å². The number of benzene rings is 2. The molecule has 6 nitrogen and oxygen atoms in total. The minimum Gasteiger partial charge on any atom is -0.493 e. The summed E-state index contributed by atoms with van der Waals surface area (Å²) in [5.74, 6) is -2.85. The zero-order valence-electron chi connectivity index (χ0n) is 13.8. The standard InChI is InChI=1S/C17H14ClF2NO5/c1-24-14-4-9(3-13(18)16(14)25-2)17(23)26-8-15(22)21-12-6-10(19)5-11(20)7-12/h3-7H,8H2,1-2H3,(H,21,22). The number of ether oxygens (including phenoxy) is 3. The molecule has 0 saturated heterocycles. The second kappa shape index (κ2) is 8.48. The van der Waals surface area contributed by atoms with Gasteiger partial charge >= 0.3 is 5.97 Å². The van der Waals surface area contributed by atoms with Crippen molar-refractivity contribution < 1.29 is 32.6 Å². The van der Waals surface area contributed by atoms with Gasteiger partial charge in [-0.15, -0.1) is 0 Å². The summed E-state index contributed by atoms with van der Waals surface area (Å²) in [6.45, 7) is -0.664. The van der Waals surface area contributed by atoms with Crippen LogP contribution in [-0.2, 0) is 9.53 Å². The highest BCUT2D eigenvalue weighted by atomic mass is 35.5. The average molecular weight is 386 g/mol. The first kappa shape index (κ1) is 19.5. The number of carbonyl (C=O) groups is 2. The van der Waals surface area contributed by atoms with Crippen molar-refractivity contribution in [1.29, 1.82) is 0 Å². The van der Waals surface area contributed by atoms with Crippen LogP contribution in [0.1, 0.15) is 10.4 Å². The monoisotopic (exact) mass is 385 g/mol. The summed E-state index contributed by atoms with van der Waals surface area (Å²) in [6.07, 6.45) is 0. The first-order chi connectivity index (χ1) is 12.3. The first-order valence-electron chi connectivity index (χ1n) is 7.18. The smallest absolute Gasteiger partial charge is 0.338 e. The van der Waals surface area contributed by atoms with E-state index < -0.39 is 30.1 Å². The SMILES string of the molecule is COc1cc(C(=O)OCC(=O)Nc2cc(F)cc(F)c2)cc(Cl)c1OC. The number of nitrogens with one attached hydrogen (secondary N) is 1. The van der Waals surface area contributed by atoms with Crippen LogP contribution in [0.4, 0.5) is 14.5 Å². The highest BCUT2D eigenvalue weighted by Gasteiger charge is 2.17. The maximum Gasteiger partial charge on any atom is 0.338 e. The Morgan fingerprint density at radius 3 is 2.27 bits per heavy atom. The summed E-state index contributed by atoms with van der Waals surface area (Å²) < 4.78 is 41.1. The lowest BCUT2D eigenvalue weighted by Crippen LogP contribution is -2.21. The molecular formula is C17H14ClF2NO5. The summed E-state index contributed by atoms with van der Waals surface area (Å²) in [4.78, 5) is 23.8. The predicted octanol–water partition coefficient (Wildman–Crippen LogP) is 3.43. The van der Waals surface area contributed by atoms with Gasteiger partial charge in [-0.1, -0.05) is 11.6 Å². The molecule has 0 fully saturated rings. The molecule has 9 heteroatoms. The maximum atomic E-state index is 13.1. The fourth-order valence-electron chi connectivity index (χ4n) is 2.07. The van der Waals surface area contributed by atoms with Gasteiger partial charge in [0.1, 0.15) is 11.6 Å². The van der Waals surface area contributed by atoms with Crippen LogP contribution >= 0.6 is 11.6 Å². The number of rotatable bonds is 6. The van der Waals surface area contributed by atoms with Crippen molar-refractivity contribution >= 4 is 29.2 Å². The van der Waals surface area contributed by atoms with Crippen molar-refractivity contribution in [2.24, 2.45) is 0 Å². The number of methoxy groups -OCH3 is 2. The Morgan fingerprint density at radius 2 is 1.69 bits per heavy atom. The van der Waals surface area contributed by atoms with Gasteiger partial charge < -0.3 is 19.5 Å². The number of hydrogen-bond donors (Lipinski definition) is 1. The lowest BCUT2D eigenvalue weighted by atomic mass is 10.2. The molecule has 2 rings (SSSR count). The zero-order chi connectivity index (χ0) is 19.3. The molecule has 1 amide bonds. The van der Waals surface area contributed by atoms with Crippen LogP contribution in [-0.4, -0.2) is 32.7 Å². The van der Waals surface area contributed by atoms with E-state index in [2.05, 4.69) is 5.32 Å². The van der Waals surface area contributed by atoms with Crippen LogP contribution in [0.25, 0.3) is 0 Å². The average Bonchev–Trinajstić information content (AvgIpc) is 2.57. The van der Waals surface area contributed by atoms with Crippen LogP contribution < -0.4 is 14.8 Å². The van der Waals surface area contributed by atoms with Crippen LogP contribution in [0.5, 0.6) is 11.5 Å². The van der Waals surface area contributed by atoms with Crippen molar-refractivity contribution in [2.75, 3.05) is 26.1 Å². The van der Waals surface area contributed by atoms with E-state index in [-0.39, 0.29) is 27.8 Å². The van der Waals surface area contributed by atoms with Crippen LogP contribution in [0.15, 0.2) is 30.3 Å². The fraction of sp³-hybridized carbons (Fsp3) is 0.176. The Hall–Kier alpha value is -2.87. The normalized spacial score (nSPS) is 10.2. The van der Waals surface area contributed by atoms with Gasteiger partial charge in [0.25, 0.3) is 5.91 Å². The third-order valence-corrected chi connectivity index (χ3v) is 3.43. The quantitative estimate of drug-likeness (QED) is 0.771. The molecule has 0 aliphatic carbocycles. The molecule has 1 N–H and O–H groups in total. The zero-order valence-corrected chi connectivity index (χ0v) is 14.5. The van der Waals surface area contributed by atoms with E-state index in [1.54, 1.807) is 0 Å². The molecule has 0 spiro atoms. The molecular weight excluding hydrogens is 372 g/mol. The predicted molar refractivity (Wildman–Crippen MR) is 89.8 cm³/mol. The van der Waals surface area contributed by atoms with Crippen LogP contribution in [0.3, 0.4) is 0 Å². The molecule has 138 valence electrons. The number of anilines is 1. The Kier molecular flexibility index (Phi) is 6.35. The molecule has 0 radical (unpaired) electrons. The molecule has 0 aromatic heterocycles. The first-order valence-corrected chi connectivity index (χ1v) is 7.56. The van der Waals surface area contributed by atoms with Gasteiger partial charge in [0, 0.05) is 11.8 Å². The minimum absolute atomic E-state index is 0.0391. The summed E-state index contributed by atoms with van der Waals surface area (Å²) in [6, 6.07) is 5.16. The molecule has 2 aromatic rings. The number of esters is 1. The molecule has 0 atom stereocenters. The molecule has 2 aromatic carbocycles. The van der Waals surface area contributed by atoms with Gasteiger partial charge in [0.2, 0.25) is 0 Å². The largest absolute Gasteiger partial charge is 0.493 e. The lowest BCUT2D eigenvalue weighted by Gasteiger charge is -2.11. The number of amides is 1. The minimum atomic E-state index is -0.850. The molecule has 0 heterocycles. The fourth-order valence-corrected chi connectivity index (χ4v) is 2.36.